The Bertz CT molecular complexity index is 1110. The lowest BCUT2D eigenvalue weighted by Gasteiger charge is -2.25. The number of aryl methyl sites for hydroxylation is 1. The second kappa shape index (κ2) is 6.83. The van der Waals surface area contributed by atoms with Crippen molar-refractivity contribution >= 4 is 10.0 Å². The normalized spacial score (nSPS) is 14.9. The van der Waals surface area contributed by atoms with E-state index in [1.807, 2.05) is 49.4 Å². The summed E-state index contributed by atoms with van der Waals surface area (Å²) in [5.74, 6) is 0. The van der Waals surface area contributed by atoms with Gasteiger partial charge in [-0.25, -0.2) is 13.1 Å². The van der Waals surface area contributed by atoms with E-state index in [1.54, 1.807) is 12.1 Å². The number of hydrogen-bond donors (Lipinski definition) is 1. The van der Waals surface area contributed by atoms with E-state index in [9.17, 15) is 13.2 Å². The Hall–Kier alpha value is -2.64. The van der Waals surface area contributed by atoms with Gasteiger partial charge in [0.15, 0.2) is 0 Å². The van der Waals surface area contributed by atoms with Crippen molar-refractivity contribution in [3.05, 3.63) is 81.8 Å². The molecule has 0 bridgehead atoms. The van der Waals surface area contributed by atoms with Crippen LogP contribution in [0.1, 0.15) is 23.7 Å². The number of sulfonamides is 1. The predicted molar refractivity (Wildman–Crippen MR) is 104 cm³/mol. The Labute approximate surface area is 158 Å². The molecule has 0 saturated heterocycles. The summed E-state index contributed by atoms with van der Waals surface area (Å²) in [5.41, 5.74) is 2.95. The molecule has 1 aliphatic heterocycles. The summed E-state index contributed by atoms with van der Waals surface area (Å²) in [6.07, 6.45) is 1.34. The summed E-state index contributed by atoms with van der Waals surface area (Å²) in [6, 6.07) is 16.2. The van der Waals surface area contributed by atoms with Gasteiger partial charge in [-0.2, -0.15) is 4.31 Å². The Kier molecular flexibility index (Phi) is 4.49. The highest BCUT2D eigenvalue weighted by atomic mass is 32.2. The second-order valence-corrected chi connectivity index (χ2v) is 8.57. The third-order valence-corrected chi connectivity index (χ3v) is 6.86. The van der Waals surface area contributed by atoms with Crippen molar-refractivity contribution in [1.29, 1.82) is 0 Å². The predicted octanol–water partition coefficient (Wildman–Crippen LogP) is 2.48. The molecule has 2 aromatic carbocycles. The van der Waals surface area contributed by atoms with E-state index in [0.29, 0.717) is 18.5 Å². The van der Waals surface area contributed by atoms with E-state index >= 15 is 0 Å². The molecule has 0 saturated carbocycles. The number of rotatable bonds is 4. The minimum absolute atomic E-state index is 0.0857. The van der Waals surface area contributed by atoms with Gasteiger partial charge in [0.05, 0.1) is 16.1 Å². The number of aromatic nitrogens is 2. The van der Waals surface area contributed by atoms with Crippen LogP contribution in [0.25, 0.3) is 5.69 Å². The van der Waals surface area contributed by atoms with Crippen molar-refractivity contribution in [3.63, 3.8) is 0 Å². The van der Waals surface area contributed by atoms with Gasteiger partial charge in [0.25, 0.3) is 5.56 Å². The molecule has 0 spiro atoms. The molecule has 4 rings (SSSR count). The lowest BCUT2D eigenvalue weighted by atomic mass is 10.1. The molecule has 0 amide bonds. The Morgan fingerprint density at radius 1 is 1.04 bits per heavy atom. The lowest BCUT2D eigenvalue weighted by molar-refractivity contribution is 0.389. The Morgan fingerprint density at radius 2 is 1.74 bits per heavy atom. The van der Waals surface area contributed by atoms with E-state index in [-0.39, 0.29) is 17.0 Å². The maximum atomic E-state index is 13.0. The summed E-state index contributed by atoms with van der Waals surface area (Å²) in [7, 11) is -3.63. The van der Waals surface area contributed by atoms with Crippen LogP contribution >= 0.6 is 0 Å². The van der Waals surface area contributed by atoms with Gasteiger partial charge in [0, 0.05) is 25.2 Å². The first-order chi connectivity index (χ1) is 13.0. The van der Waals surface area contributed by atoms with E-state index in [0.717, 1.165) is 23.4 Å². The second-order valence-electron chi connectivity index (χ2n) is 6.63. The molecule has 0 aliphatic carbocycles. The molecule has 2 heterocycles. The molecular formula is C20H21N3O3S. The van der Waals surface area contributed by atoms with Crippen LogP contribution in [0, 0.1) is 0 Å². The van der Waals surface area contributed by atoms with Crippen molar-refractivity contribution in [2.75, 3.05) is 6.54 Å². The number of nitrogens with one attached hydrogen (secondary N) is 1. The minimum atomic E-state index is -3.63. The molecule has 0 unspecified atom stereocenters. The van der Waals surface area contributed by atoms with Crippen molar-refractivity contribution in [1.82, 2.24) is 14.1 Å². The van der Waals surface area contributed by atoms with E-state index in [2.05, 4.69) is 5.10 Å². The monoisotopic (exact) mass is 383 g/mol. The molecule has 1 N–H and O–H groups in total. The van der Waals surface area contributed by atoms with Gasteiger partial charge >= 0.3 is 0 Å². The number of fused-ring (bicyclic) bond motifs is 1. The van der Waals surface area contributed by atoms with Crippen LogP contribution in [0.5, 0.6) is 0 Å². The quantitative estimate of drug-likeness (QED) is 0.752. The van der Waals surface area contributed by atoms with Crippen LogP contribution in [0.3, 0.4) is 0 Å². The molecule has 3 aromatic rings. The zero-order valence-electron chi connectivity index (χ0n) is 15.1. The van der Waals surface area contributed by atoms with Crippen molar-refractivity contribution in [2.45, 2.75) is 31.2 Å². The molecular weight excluding hydrogens is 362 g/mol. The SMILES string of the molecule is CCc1ccc(S(=O)(=O)N2CCc3[nH]n(-c4ccccc4)c(=O)c3C2)cc1. The molecule has 0 atom stereocenters. The molecule has 0 radical (unpaired) electrons. The number of hydrogen-bond acceptors (Lipinski definition) is 3. The summed E-state index contributed by atoms with van der Waals surface area (Å²) in [6.45, 7) is 2.46. The average molecular weight is 383 g/mol. The maximum Gasteiger partial charge on any atom is 0.276 e. The van der Waals surface area contributed by atoms with Crippen LogP contribution in [0.4, 0.5) is 0 Å². The third-order valence-electron chi connectivity index (χ3n) is 5.00. The molecule has 6 nitrogen and oxygen atoms in total. The standard InChI is InChI=1S/C20H21N3O3S/c1-2-15-8-10-17(11-9-15)27(25,26)22-13-12-19-18(14-22)20(24)23(21-19)16-6-4-3-5-7-16/h3-11,21H,2,12-14H2,1H3. The van der Waals surface area contributed by atoms with Crippen LogP contribution in [0.15, 0.2) is 64.3 Å². The van der Waals surface area contributed by atoms with Gasteiger partial charge in [-0.1, -0.05) is 37.3 Å². The molecule has 1 aliphatic rings. The summed E-state index contributed by atoms with van der Waals surface area (Å²) < 4.78 is 28.9. The van der Waals surface area contributed by atoms with Gasteiger partial charge in [-0.05, 0) is 36.2 Å². The number of aromatic amines is 1. The first kappa shape index (κ1) is 17.8. The molecule has 1 aromatic heterocycles. The fourth-order valence-corrected chi connectivity index (χ4v) is 4.80. The largest absolute Gasteiger partial charge is 0.295 e. The highest BCUT2D eigenvalue weighted by Crippen LogP contribution is 2.23. The van der Waals surface area contributed by atoms with Crippen LogP contribution in [-0.2, 0) is 29.4 Å². The van der Waals surface area contributed by atoms with E-state index in [1.165, 1.54) is 8.99 Å². The number of H-pyrrole nitrogens is 1. The lowest BCUT2D eigenvalue weighted by Crippen LogP contribution is -2.37. The Balaban J connectivity index is 1.66. The van der Waals surface area contributed by atoms with Crippen LogP contribution in [0.2, 0.25) is 0 Å². The van der Waals surface area contributed by atoms with Crippen molar-refractivity contribution in [2.24, 2.45) is 0 Å². The summed E-state index contributed by atoms with van der Waals surface area (Å²) in [5, 5.41) is 3.13. The molecule has 140 valence electrons. The molecule has 0 fully saturated rings. The highest BCUT2D eigenvalue weighted by Gasteiger charge is 2.31. The van der Waals surface area contributed by atoms with Crippen molar-refractivity contribution < 1.29 is 8.42 Å². The zero-order chi connectivity index (χ0) is 19.0. The van der Waals surface area contributed by atoms with Gasteiger partial charge in [0.1, 0.15) is 0 Å². The number of para-hydroxylation sites is 1. The summed E-state index contributed by atoms with van der Waals surface area (Å²) in [4.78, 5) is 13.1. The van der Waals surface area contributed by atoms with Crippen molar-refractivity contribution in [3.8, 4) is 5.69 Å². The minimum Gasteiger partial charge on any atom is -0.295 e. The molecule has 7 heteroatoms. The first-order valence-electron chi connectivity index (χ1n) is 8.98. The number of nitrogens with zero attached hydrogens (tertiary/aromatic N) is 2. The van der Waals surface area contributed by atoms with E-state index in [4.69, 9.17) is 0 Å². The fraction of sp³-hybridized carbons (Fsp3) is 0.250. The third kappa shape index (κ3) is 3.13. The number of benzene rings is 2. The molecule has 27 heavy (non-hydrogen) atoms. The van der Waals surface area contributed by atoms with Gasteiger partial charge < -0.3 is 0 Å². The van der Waals surface area contributed by atoms with Gasteiger partial charge in [-0.3, -0.25) is 9.89 Å². The van der Waals surface area contributed by atoms with Gasteiger partial charge in [-0.15, -0.1) is 0 Å². The first-order valence-corrected chi connectivity index (χ1v) is 10.4. The maximum absolute atomic E-state index is 13.0. The van der Waals surface area contributed by atoms with Gasteiger partial charge in [0.2, 0.25) is 10.0 Å². The van der Waals surface area contributed by atoms with Crippen LogP contribution in [-0.4, -0.2) is 29.0 Å². The topological polar surface area (TPSA) is 75.2 Å². The summed E-state index contributed by atoms with van der Waals surface area (Å²) >= 11 is 0. The van der Waals surface area contributed by atoms with Crippen LogP contribution < -0.4 is 5.56 Å². The Morgan fingerprint density at radius 3 is 2.41 bits per heavy atom. The smallest absolute Gasteiger partial charge is 0.276 e. The zero-order valence-corrected chi connectivity index (χ0v) is 15.9. The fourth-order valence-electron chi connectivity index (χ4n) is 3.39. The average Bonchev–Trinajstić information content (AvgIpc) is 3.05. The highest BCUT2D eigenvalue weighted by molar-refractivity contribution is 7.89. The van der Waals surface area contributed by atoms with E-state index < -0.39 is 10.0 Å².